The topological polar surface area (TPSA) is 152 Å². The van der Waals surface area contributed by atoms with Crippen LogP contribution in [0.4, 0.5) is 0 Å². The number of carbonyl (C=O) groups excluding carboxylic acids is 2. The highest BCUT2D eigenvalue weighted by molar-refractivity contribution is 5.99. The summed E-state index contributed by atoms with van der Waals surface area (Å²) in [5, 5.41) is 39.1. The number of Topliss-reactive ketones (excluding diaryl/α,β-unsaturated/α-hetero) is 1. The van der Waals surface area contributed by atoms with Gasteiger partial charge in [0.1, 0.15) is 30.2 Å². The van der Waals surface area contributed by atoms with Gasteiger partial charge in [-0.15, -0.1) is 0 Å². The minimum atomic E-state index is -1.59. The lowest BCUT2D eigenvalue weighted by Gasteiger charge is -2.42. The Labute approximate surface area is 155 Å². The molecule has 0 aromatic heterocycles. The van der Waals surface area contributed by atoms with E-state index in [2.05, 4.69) is 0 Å². The van der Waals surface area contributed by atoms with E-state index in [0.29, 0.717) is 0 Å². The smallest absolute Gasteiger partial charge is 0.337 e. The highest BCUT2D eigenvalue weighted by Gasteiger charge is 2.54. The number of rotatable bonds is 4. The second-order valence-electron chi connectivity index (χ2n) is 7.11. The van der Waals surface area contributed by atoms with Crippen molar-refractivity contribution in [2.24, 2.45) is 17.8 Å². The van der Waals surface area contributed by atoms with Gasteiger partial charge >= 0.3 is 5.97 Å². The van der Waals surface area contributed by atoms with Crippen LogP contribution in [-0.4, -0.2) is 82.9 Å². The van der Waals surface area contributed by atoms with Crippen LogP contribution < -0.4 is 0 Å². The van der Waals surface area contributed by atoms with E-state index in [1.165, 1.54) is 7.11 Å². The van der Waals surface area contributed by atoms with Gasteiger partial charge in [0.15, 0.2) is 6.29 Å². The first-order chi connectivity index (χ1) is 12.8. The predicted octanol–water partition coefficient (Wildman–Crippen LogP) is -1.94. The zero-order chi connectivity index (χ0) is 19.9. The predicted molar refractivity (Wildman–Crippen MR) is 85.6 cm³/mol. The van der Waals surface area contributed by atoms with E-state index in [4.69, 9.17) is 18.9 Å². The van der Waals surface area contributed by atoms with Gasteiger partial charge < -0.3 is 39.4 Å². The number of esters is 1. The van der Waals surface area contributed by atoms with E-state index in [-0.39, 0.29) is 23.7 Å². The summed E-state index contributed by atoms with van der Waals surface area (Å²) in [7, 11) is 1.21. The Balaban J connectivity index is 1.82. The van der Waals surface area contributed by atoms with Gasteiger partial charge in [-0.3, -0.25) is 4.79 Å². The summed E-state index contributed by atoms with van der Waals surface area (Å²) in [5.74, 6) is -2.28. The average Bonchev–Trinajstić information content (AvgIpc) is 2.96. The molecule has 2 heterocycles. The quantitative estimate of drug-likeness (QED) is 0.400. The molecule has 0 bridgehead atoms. The standard InChI is InChI=1S/C17H24O10/c1-6-3-8(19)11-7(15(23)24-2)5-25-16(10(6)11)27-17-14(22)13(21)12(20)9(4-18)26-17/h5-6,9-14,16-18,20-22H,3-4H2,1-2H3/t6-,9-,10-,11+,12+,13+,14+,16-,17-/m0/s1. The Morgan fingerprint density at radius 1 is 1.22 bits per heavy atom. The highest BCUT2D eigenvalue weighted by atomic mass is 16.8. The van der Waals surface area contributed by atoms with Crippen LogP contribution >= 0.6 is 0 Å². The summed E-state index contributed by atoms with van der Waals surface area (Å²) >= 11 is 0. The molecule has 2 fully saturated rings. The van der Waals surface area contributed by atoms with Crippen LogP contribution in [0.1, 0.15) is 13.3 Å². The van der Waals surface area contributed by atoms with Gasteiger partial charge in [-0.2, -0.15) is 0 Å². The number of ether oxygens (including phenoxy) is 4. The lowest BCUT2D eigenvalue weighted by atomic mass is 9.83. The largest absolute Gasteiger partial charge is 0.472 e. The van der Waals surface area contributed by atoms with E-state index >= 15 is 0 Å². The zero-order valence-electron chi connectivity index (χ0n) is 14.9. The fraction of sp³-hybridized carbons (Fsp3) is 0.765. The molecule has 3 rings (SSSR count). The summed E-state index contributed by atoms with van der Waals surface area (Å²) in [6, 6.07) is 0. The maximum Gasteiger partial charge on any atom is 0.337 e. The van der Waals surface area contributed by atoms with E-state index in [1.54, 1.807) is 0 Å². The van der Waals surface area contributed by atoms with Gasteiger partial charge in [0.05, 0.1) is 31.5 Å². The molecule has 27 heavy (non-hydrogen) atoms. The Hall–Kier alpha value is -1.56. The van der Waals surface area contributed by atoms with Crippen LogP contribution in [0.2, 0.25) is 0 Å². The van der Waals surface area contributed by atoms with Gasteiger partial charge in [0.25, 0.3) is 0 Å². The lowest BCUT2D eigenvalue weighted by Crippen LogP contribution is -2.60. The first-order valence-corrected chi connectivity index (χ1v) is 8.72. The van der Waals surface area contributed by atoms with Gasteiger partial charge in [0.2, 0.25) is 6.29 Å². The molecular formula is C17H24O10. The Morgan fingerprint density at radius 3 is 2.56 bits per heavy atom. The second kappa shape index (κ2) is 7.82. The first-order valence-electron chi connectivity index (χ1n) is 8.72. The maximum atomic E-state index is 12.4. The third kappa shape index (κ3) is 3.48. The summed E-state index contributed by atoms with van der Waals surface area (Å²) in [6.45, 7) is 1.22. The van der Waals surface area contributed by atoms with Crippen LogP contribution in [0, 0.1) is 17.8 Å². The third-order valence-electron chi connectivity index (χ3n) is 5.43. The minimum absolute atomic E-state index is 0.102. The SMILES string of the molecule is COC(=O)C1=CO[C@@H](O[C@@H]2O[C@@H](CO)[C@@H](O)[C@@H](O)[C@H]2O)[C@@H]2[C@H]1C(=O)C[C@@H]2C. The van der Waals surface area contributed by atoms with E-state index in [1.807, 2.05) is 6.92 Å². The van der Waals surface area contributed by atoms with Crippen molar-refractivity contribution in [3.8, 4) is 0 Å². The van der Waals surface area contributed by atoms with Crippen LogP contribution in [0.3, 0.4) is 0 Å². The highest BCUT2D eigenvalue weighted by Crippen LogP contribution is 2.45. The van der Waals surface area contributed by atoms with Crippen molar-refractivity contribution < 1.29 is 49.0 Å². The van der Waals surface area contributed by atoms with Crippen molar-refractivity contribution in [2.45, 2.75) is 50.3 Å². The van der Waals surface area contributed by atoms with Crippen molar-refractivity contribution in [1.29, 1.82) is 0 Å². The Kier molecular flexibility index (Phi) is 5.84. The molecule has 152 valence electrons. The second-order valence-corrected chi connectivity index (χ2v) is 7.11. The molecule has 1 saturated heterocycles. The molecule has 0 unspecified atom stereocenters. The fourth-order valence-corrected chi connectivity index (χ4v) is 3.96. The summed E-state index contributed by atoms with van der Waals surface area (Å²) in [4.78, 5) is 24.4. The normalized spacial score (nSPS) is 44.3. The van der Waals surface area contributed by atoms with Crippen LogP contribution in [-0.2, 0) is 28.5 Å². The van der Waals surface area contributed by atoms with Crippen molar-refractivity contribution in [1.82, 2.24) is 0 Å². The summed E-state index contributed by atoms with van der Waals surface area (Å²) in [6.07, 6.45) is -6.93. The molecule has 4 N–H and O–H groups in total. The molecule has 0 amide bonds. The summed E-state index contributed by atoms with van der Waals surface area (Å²) < 4.78 is 21.2. The minimum Gasteiger partial charge on any atom is -0.472 e. The van der Waals surface area contributed by atoms with E-state index < -0.39 is 61.4 Å². The molecule has 1 aliphatic carbocycles. The van der Waals surface area contributed by atoms with Crippen LogP contribution in [0.5, 0.6) is 0 Å². The van der Waals surface area contributed by atoms with E-state index in [0.717, 1.165) is 6.26 Å². The number of aliphatic hydroxyl groups is 4. The van der Waals surface area contributed by atoms with Gasteiger partial charge in [-0.1, -0.05) is 6.92 Å². The molecule has 1 saturated carbocycles. The van der Waals surface area contributed by atoms with Gasteiger partial charge in [-0.05, 0) is 5.92 Å². The number of methoxy groups -OCH3 is 1. The lowest BCUT2D eigenvalue weighted by molar-refractivity contribution is -0.342. The zero-order valence-corrected chi connectivity index (χ0v) is 14.9. The molecule has 10 nitrogen and oxygen atoms in total. The van der Waals surface area contributed by atoms with E-state index in [9.17, 15) is 30.0 Å². The number of hydrogen-bond donors (Lipinski definition) is 4. The maximum absolute atomic E-state index is 12.4. The molecule has 0 radical (unpaired) electrons. The Bertz CT molecular complexity index is 617. The third-order valence-corrected chi connectivity index (χ3v) is 5.43. The molecule has 0 aromatic rings. The van der Waals surface area contributed by atoms with Crippen molar-refractivity contribution in [2.75, 3.05) is 13.7 Å². The molecule has 3 aliphatic rings. The number of ketones is 1. The van der Waals surface area contributed by atoms with Crippen molar-refractivity contribution >= 4 is 11.8 Å². The number of hydrogen-bond acceptors (Lipinski definition) is 10. The first kappa shape index (κ1) is 20.2. The number of aliphatic hydroxyl groups excluding tert-OH is 4. The number of fused-ring (bicyclic) bond motifs is 1. The molecule has 0 aromatic carbocycles. The molecule has 10 heteroatoms. The van der Waals surface area contributed by atoms with Crippen molar-refractivity contribution in [3.05, 3.63) is 11.8 Å². The van der Waals surface area contributed by atoms with Gasteiger partial charge in [-0.25, -0.2) is 4.79 Å². The van der Waals surface area contributed by atoms with Crippen LogP contribution in [0.15, 0.2) is 11.8 Å². The van der Waals surface area contributed by atoms with Gasteiger partial charge in [0, 0.05) is 12.3 Å². The van der Waals surface area contributed by atoms with Crippen LogP contribution in [0.25, 0.3) is 0 Å². The number of carbonyl (C=O) groups is 2. The molecule has 2 aliphatic heterocycles. The Morgan fingerprint density at radius 2 is 1.93 bits per heavy atom. The summed E-state index contributed by atoms with van der Waals surface area (Å²) in [5.41, 5.74) is 0.102. The monoisotopic (exact) mass is 388 g/mol. The molecule has 9 atom stereocenters. The average molecular weight is 388 g/mol. The molecular weight excluding hydrogens is 364 g/mol. The molecule has 0 spiro atoms. The fourth-order valence-electron chi connectivity index (χ4n) is 3.96. The van der Waals surface area contributed by atoms with Crippen molar-refractivity contribution in [3.63, 3.8) is 0 Å².